The lowest BCUT2D eigenvalue weighted by Crippen LogP contribution is -2.39. The Morgan fingerprint density at radius 2 is 2.00 bits per heavy atom. The lowest BCUT2D eigenvalue weighted by Gasteiger charge is -2.31. The van der Waals surface area contributed by atoms with Gasteiger partial charge in [0.15, 0.2) is 0 Å². The van der Waals surface area contributed by atoms with Gasteiger partial charge >= 0.3 is 0 Å². The molecule has 0 aromatic carbocycles. The summed E-state index contributed by atoms with van der Waals surface area (Å²) in [5.74, 6) is 1.55. The summed E-state index contributed by atoms with van der Waals surface area (Å²) in [5, 5.41) is 0. The fourth-order valence-corrected chi connectivity index (χ4v) is 2.17. The summed E-state index contributed by atoms with van der Waals surface area (Å²) < 4.78 is 0. The molecule has 0 saturated carbocycles. The fourth-order valence-electron chi connectivity index (χ4n) is 2.17. The fraction of sp³-hybridized carbons (Fsp3) is 0.909. The molecule has 13 heavy (non-hydrogen) atoms. The number of carbonyl (C=O) groups excluding carboxylic acids is 1. The number of hydrogen-bond donors (Lipinski definition) is 0. The van der Waals surface area contributed by atoms with Crippen molar-refractivity contribution in [1.82, 2.24) is 4.90 Å². The first-order chi connectivity index (χ1) is 6.04. The second-order valence-corrected chi connectivity index (χ2v) is 4.53. The van der Waals surface area contributed by atoms with Gasteiger partial charge in [-0.3, -0.25) is 4.79 Å². The molecular weight excluding hydrogens is 162 g/mol. The van der Waals surface area contributed by atoms with Gasteiger partial charge in [0.2, 0.25) is 5.91 Å². The molecule has 1 heterocycles. The van der Waals surface area contributed by atoms with E-state index in [0.717, 1.165) is 6.54 Å². The Balaban J connectivity index is 2.62. The molecule has 2 nitrogen and oxygen atoms in total. The van der Waals surface area contributed by atoms with Gasteiger partial charge in [-0.2, -0.15) is 0 Å². The molecule has 2 atom stereocenters. The number of rotatable bonds is 2. The quantitative estimate of drug-likeness (QED) is 0.643. The zero-order valence-corrected chi connectivity index (χ0v) is 9.21. The molecule has 0 aromatic rings. The Kier molecular flexibility index (Phi) is 3.34. The van der Waals surface area contributed by atoms with Crippen molar-refractivity contribution in [3.8, 4) is 0 Å². The van der Waals surface area contributed by atoms with Crippen molar-refractivity contribution < 1.29 is 4.79 Å². The number of likely N-dealkylation sites (tertiary alicyclic amines) is 1. The van der Waals surface area contributed by atoms with Crippen LogP contribution in [-0.2, 0) is 4.79 Å². The lowest BCUT2D eigenvalue weighted by molar-refractivity contribution is -0.130. The summed E-state index contributed by atoms with van der Waals surface area (Å²) in [6.45, 7) is 9.39. The lowest BCUT2D eigenvalue weighted by atomic mass is 9.89. The normalized spacial score (nSPS) is 25.3. The molecule has 1 saturated heterocycles. The second kappa shape index (κ2) is 4.12. The number of nitrogens with zero attached hydrogens (tertiary/aromatic N) is 1. The third-order valence-electron chi connectivity index (χ3n) is 3.36. The average molecular weight is 183 g/mol. The summed E-state index contributed by atoms with van der Waals surface area (Å²) in [6.07, 6.45) is 2.38. The largest absolute Gasteiger partial charge is 0.340 e. The predicted octanol–water partition coefficient (Wildman–Crippen LogP) is 2.29. The molecule has 1 fully saturated rings. The molecule has 2 unspecified atom stereocenters. The molecule has 0 N–H and O–H groups in total. The summed E-state index contributed by atoms with van der Waals surface area (Å²) in [4.78, 5) is 13.4. The molecule has 76 valence electrons. The maximum absolute atomic E-state index is 11.3. The van der Waals surface area contributed by atoms with Gasteiger partial charge < -0.3 is 4.90 Å². The first-order valence-corrected chi connectivity index (χ1v) is 5.31. The van der Waals surface area contributed by atoms with Gasteiger partial charge in [-0.25, -0.2) is 0 Å². The van der Waals surface area contributed by atoms with Crippen LogP contribution in [0, 0.1) is 11.8 Å². The minimum atomic E-state index is 0.245. The van der Waals surface area contributed by atoms with Crippen molar-refractivity contribution >= 4 is 5.91 Å². The summed E-state index contributed by atoms with van der Waals surface area (Å²) in [7, 11) is 0. The predicted molar refractivity (Wildman–Crippen MR) is 54.4 cm³/mol. The van der Waals surface area contributed by atoms with E-state index in [-0.39, 0.29) is 5.91 Å². The van der Waals surface area contributed by atoms with Crippen molar-refractivity contribution in [1.29, 1.82) is 0 Å². The van der Waals surface area contributed by atoms with Crippen LogP contribution in [0.5, 0.6) is 0 Å². The Labute approximate surface area is 81.3 Å². The van der Waals surface area contributed by atoms with Gasteiger partial charge in [0.1, 0.15) is 0 Å². The first kappa shape index (κ1) is 10.6. The highest BCUT2D eigenvalue weighted by atomic mass is 16.2. The van der Waals surface area contributed by atoms with Crippen molar-refractivity contribution in [2.45, 2.75) is 46.6 Å². The van der Waals surface area contributed by atoms with Gasteiger partial charge in [0.25, 0.3) is 0 Å². The number of amides is 1. The standard InChI is InChI=1S/C11H21NO/c1-8(2)9(3)11-6-5-7-12(11)10(4)13/h8-9,11H,5-7H2,1-4H3. The van der Waals surface area contributed by atoms with E-state index in [1.54, 1.807) is 6.92 Å². The second-order valence-electron chi connectivity index (χ2n) is 4.53. The summed E-state index contributed by atoms with van der Waals surface area (Å²) >= 11 is 0. The molecule has 0 aliphatic carbocycles. The van der Waals surface area contributed by atoms with E-state index in [4.69, 9.17) is 0 Å². The molecule has 1 aliphatic heterocycles. The smallest absolute Gasteiger partial charge is 0.219 e. The van der Waals surface area contributed by atoms with Crippen molar-refractivity contribution in [3.63, 3.8) is 0 Å². The van der Waals surface area contributed by atoms with E-state index in [9.17, 15) is 4.79 Å². The van der Waals surface area contributed by atoms with Crippen LogP contribution in [-0.4, -0.2) is 23.4 Å². The molecule has 1 aliphatic rings. The van der Waals surface area contributed by atoms with Gasteiger partial charge in [-0.1, -0.05) is 20.8 Å². The van der Waals surface area contributed by atoms with E-state index in [1.807, 2.05) is 4.90 Å². The highest BCUT2D eigenvalue weighted by molar-refractivity contribution is 5.73. The third-order valence-corrected chi connectivity index (χ3v) is 3.36. The van der Waals surface area contributed by atoms with Crippen LogP contribution < -0.4 is 0 Å². The highest BCUT2D eigenvalue weighted by Gasteiger charge is 2.31. The average Bonchev–Trinajstić information content (AvgIpc) is 2.50. The maximum atomic E-state index is 11.3. The van der Waals surface area contributed by atoms with E-state index in [0.29, 0.717) is 17.9 Å². The monoisotopic (exact) mass is 183 g/mol. The van der Waals surface area contributed by atoms with Crippen molar-refractivity contribution in [3.05, 3.63) is 0 Å². The van der Waals surface area contributed by atoms with Gasteiger partial charge in [-0.15, -0.1) is 0 Å². The maximum Gasteiger partial charge on any atom is 0.219 e. The molecule has 1 rings (SSSR count). The van der Waals surface area contributed by atoms with Crippen LogP contribution in [0.25, 0.3) is 0 Å². The van der Waals surface area contributed by atoms with Gasteiger partial charge in [0.05, 0.1) is 0 Å². The molecular formula is C11H21NO. The van der Waals surface area contributed by atoms with Crippen LogP contribution in [0.3, 0.4) is 0 Å². The minimum Gasteiger partial charge on any atom is -0.340 e. The van der Waals surface area contributed by atoms with Crippen LogP contribution in [0.15, 0.2) is 0 Å². The van der Waals surface area contributed by atoms with Gasteiger partial charge in [-0.05, 0) is 24.7 Å². The zero-order chi connectivity index (χ0) is 10.0. The topological polar surface area (TPSA) is 20.3 Å². The molecule has 0 radical (unpaired) electrons. The summed E-state index contributed by atoms with van der Waals surface area (Å²) in [6, 6.07) is 0.498. The molecule has 0 aromatic heterocycles. The van der Waals surface area contributed by atoms with Crippen molar-refractivity contribution in [2.24, 2.45) is 11.8 Å². The minimum absolute atomic E-state index is 0.245. The summed E-state index contributed by atoms with van der Waals surface area (Å²) in [5.41, 5.74) is 0. The molecule has 1 amide bonds. The van der Waals surface area contributed by atoms with Crippen molar-refractivity contribution in [2.75, 3.05) is 6.54 Å². The molecule has 2 heteroatoms. The Morgan fingerprint density at radius 1 is 1.38 bits per heavy atom. The van der Waals surface area contributed by atoms with Gasteiger partial charge in [0, 0.05) is 19.5 Å². The van der Waals surface area contributed by atoms with E-state index in [2.05, 4.69) is 20.8 Å². The Bertz CT molecular complexity index is 189. The number of carbonyl (C=O) groups is 1. The SMILES string of the molecule is CC(=O)N1CCCC1C(C)C(C)C. The van der Waals surface area contributed by atoms with E-state index >= 15 is 0 Å². The zero-order valence-electron chi connectivity index (χ0n) is 9.21. The third kappa shape index (κ3) is 2.23. The number of hydrogen-bond acceptors (Lipinski definition) is 1. The van der Waals surface area contributed by atoms with E-state index in [1.165, 1.54) is 12.8 Å². The molecule has 0 bridgehead atoms. The molecule has 0 spiro atoms. The Hall–Kier alpha value is -0.530. The van der Waals surface area contributed by atoms with Crippen LogP contribution in [0.2, 0.25) is 0 Å². The Morgan fingerprint density at radius 3 is 2.46 bits per heavy atom. The highest BCUT2D eigenvalue weighted by Crippen LogP contribution is 2.28. The first-order valence-electron chi connectivity index (χ1n) is 5.31. The van der Waals surface area contributed by atoms with Crippen LogP contribution >= 0.6 is 0 Å². The van der Waals surface area contributed by atoms with E-state index < -0.39 is 0 Å². The van der Waals surface area contributed by atoms with Crippen LogP contribution in [0.4, 0.5) is 0 Å². The van der Waals surface area contributed by atoms with Crippen LogP contribution in [0.1, 0.15) is 40.5 Å².